The molecule has 0 aliphatic rings. The van der Waals surface area contributed by atoms with Gasteiger partial charge in [0, 0.05) is 13.5 Å². The van der Waals surface area contributed by atoms with Gasteiger partial charge < -0.3 is 5.43 Å². The van der Waals surface area contributed by atoms with E-state index in [1.54, 1.807) is 7.05 Å². The van der Waals surface area contributed by atoms with Gasteiger partial charge in [0.05, 0.1) is 0 Å². The molecule has 0 fully saturated rings. The molecule has 46 valence electrons. The second kappa shape index (κ2) is 4.23. The molecule has 0 aliphatic heterocycles. The highest BCUT2D eigenvalue weighted by atomic mass is 15.3. The van der Waals surface area contributed by atoms with Crippen LogP contribution >= 0.6 is 0 Å². The Kier molecular flexibility index (Phi) is 3.74. The van der Waals surface area contributed by atoms with E-state index in [9.17, 15) is 0 Å². The van der Waals surface area contributed by atoms with Crippen LogP contribution in [0.1, 0.15) is 13.3 Å². The Labute approximate surface area is 48.5 Å². The molecule has 0 atom stereocenters. The molecule has 0 aromatic heterocycles. The summed E-state index contributed by atoms with van der Waals surface area (Å²) in [5, 5.41) is 6.81. The van der Waals surface area contributed by atoms with Crippen LogP contribution in [-0.4, -0.2) is 12.9 Å². The molecule has 0 aromatic carbocycles. The monoisotopic (exact) mass is 114 g/mol. The standard InChI is InChI=1S/C4H10N4/c1-3-4(7-5)8-6-2/h5-6H,3H2,1-2H3/b7-5?,8-4-. The van der Waals surface area contributed by atoms with Crippen molar-refractivity contribution in [2.24, 2.45) is 10.2 Å². The molecule has 0 radical (unpaired) electrons. The third-order valence-corrected chi connectivity index (χ3v) is 0.686. The predicted octanol–water partition coefficient (Wildman–Crippen LogP) is 0.960. The van der Waals surface area contributed by atoms with E-state index in [4.69, 9.17) is 5.53 Å². The smallest absolute Gasteiger partial charge is 0.169 e. The lowest BCUT2D eigenvalue weighted by Crippen LogP contribution is -2.00. The molecule has 0 bridgehead atoms. The van der Waals surface area contributed by atoms with Crippen molar-refractivity contribution < 1.29 is 0 Å². The number of hydrazone groups is 1. The summed E-state index contributed by atoms with van der Waals surface area (Å²) in [5.74, 6) is 0.521. The van der Waals surface area contributed by atoms with Gasteiger partial charge in [-0.3, -0.25) is 0 Å². The van der Waals surface area contributed by atoms with Gasteiger partial charge >= 0.3 is 0 Å². The van der Waals surface area contributed by atoms with Crippen LogP contribution < -0.4 is 5.43 Å². The zero-order valence-electron chi connectivity index (χ0n) is 5.10. The van der Waals surface area contributed by atoms with E-state index in [-0.39, 0.29) is 0 Å². The molecular weight excluding hydrogens is 104 g/mol. The molecule has 4 nitrogen and oxygen atoms in total. The number of hydrogen-bond acceptors (Lipinski definition) is 3. The molecule has 8 heavy (non-hydrogen) atoms. The maximum atomic E-state index is 6.52. The molecule has 0 saturated heterocycles. The van der Waals surface area contributed by atoms with Crippen molar-refractivity contribution in [1.82, 2.24) is 5.43 Å². The predicted molar refractivity (Wildman–Crippen MR) is 31.9 cm³/mol. The van der Waals surface area contributed by atoms with Crippen LogP contribution in [0.5, 0.6) is 0 Å². The van der Waals surface area contributed by atoms with E-state index >= 15 is 0 Å². The summed E-state index contributed by atoms with van der Waals surface area (Å²) in [6.07, 6.45) is 0.699. The summed E-state index contributed by atoms with van der Waals surface area (Å²) in [6.45, 7) is 1.90. The first kappa shape index (κ1) is 7.07. The molecule has 0 aliphatic carbocycles. The topological polar surface area (TPSA) is 60.6 Å². The number of nitrogens with zero attached hydrogens (tertiary/aromatic N) is 2. The van der Waals surface area contributed by atoms with Crippen molar-refractivity contribution in [1.29, 1.82) is 5.53 Å². The summed E-state index contributed by atoms with van der Waals surface area (Å²) < 4.78 is 0. The maximum absolute atomic E-state index is 6.52. The average Bonchev–Trinajstić information content (AvgIpc) is 1.83. The van der Waals surface area contributed by atoms with Gasteiger partial charge in [-0.05, 0) is 0 Å². The van der Waals surface area contributed by atoms with Crippen molar-refractivity contribution >= 4 is 5.84 Å². The third-order valence-electron chi connectivity index (χ3n) is 0.686. The Bertz CT molecular complexity index is 96.2. The molecular formula is C4H10N4. The Morgan fingerprint density at radius 3 is 2.50 bits per heavy atom. The van der Waals surface area contributed by atoms with Gasteiger partial charge in [0.2, 0.25) is 0 Å². The second-order valence-electron chi connectivity index (χ2n) is 1.22. The van der Waals surface area contributed by atoms with E-state index in [2.05, 4.69) is 15.6 Å². The molecule has 2 N–H and O–H groups in total. The van der Waals surface area contributed by atoms with E-state index in [1.807, 2.05) is 6.92 Å². The van der Waals surface area contributed by atoms with Gasteiger partial charge in [0.25, 0.3) is 0 Å². The van der Waals surface area contributed by atoms with Crippen LogP contribution in [0, 0.1) is 5.53 Å². The van der Waals surface area contributed by atoms with Crippen molar-refractivity contribution in [3.63, 3.8) is 0 Å². The van der Waals surface area contributed by atoms with E-state index in [0.717, 1.165) is 0 Å². The highest BCUT2D eigenvalue weighted by molar-refractivity contribution is 5.81. The molecule has 4 heteroatoms. The first-order valence-electron chi connectivity index (χ1n) is 2.46. The molecule has 0 spiro atoms. The fourth-order valence-electron chi connectivity index (χ4n) is 0.312. The van der Waals surface area contributed by atoms with Crippen molar-refractivity contribution in [2.45, 2.75) is 13.3 Å². The van der Waals surface area contributed by atoms with Crippen LogP contribution in [0.4, 0.5) is 0 Å². The molecule has 0 amide bonds. The highest BCUT2D eigenvalue weighted by Gasteiger charge is 1.86. The summed E-state index contributed by atoms with van der Waals surface area (Å²) in [7, 11) is 1.68. The van der Waals surface area contributed by atoms with Crippen molar-refractivity contribution in [3.8, 4) is 0 Å². The number of nitrogens with one attached hydrogen (secondary N) is 2. The van der Waals surface area contributed by atoms with E-state index < -0.39 is 0 Å². The van der Waals surface area contributed by atoms with Gasteiger partial charge in [-0.1, -0.05) is 6.92 Å². The van der Waals surface area contributed by atoms with Crippen LogP contribution in [0.25, 0.3) is 0 Å². The van der Waals surface area contributed by atoms with Gasteiger partial charge in [0.1, 0.15) is 0 Å². The van der Waals surface area contributed by atoms with Crippen LogP contribution in [0.15, 0.2) is 10.2 Å². The van der Waals surface area contributed by atoms with Crippen molar-refractivity contribution in [2.75, 3.05) is 7.05 Å². The maximum Gasteiger partial charge on any atom is 0.169 e. The highest BCUT2D eigenvalue weighted by Crippen LogP contribution is 1.83. The quantitative estimate of drug-likeness (QED) is 0.239. The SMILES string of the molecule is CC/C(N=N)=N/NC. The summed E-state index contributed by atoms with van der Waals surface area (Å²) >= 11 is 0. The fraction of sp³-hybridized carbons (Fsp3) is 0.750. The molecule has 0 saturated carbocycles. The van der Waals surface area contributed by atoms with Gasteiger partial charge in [-0.2, -0.15) is 5.10 Å². The summed E-state index contributed by atoms with van der Waals surface area (Å²) in [5.41, 5.74) is 9.06. The fourth-order valence-corrected chi connectivity index (χ4v) is 0.312. The Balaban J connectivity index is 3.66. The Morgan fingerprint density at radius 1 is 1.75 bits per heavy atom. The zero-order chi connectivity index (χ0) is 6.41. The van der Waals surface area contributed by atoms with Crippen LogP contribution in [-0.2, 0) is 0 Å². The minimum atomic E-state index is 0.521. The minimum absolute atomic E-state index is 0.521. The van der Waals surface area contributed by atoms with Crippen LogP contribution in [0.2, 0.25) is 0 Å². The lowest BCUT2D eigenvalue weighted by molar-refractivity contribution is 0.879. The number of amidine groups is 1. The summed E-state index contributed by atoms with van der Waals surface area (Å²) in [6, 6.07) is 0. The Morgan fingerprint density at radius 2 is 2.38 bits per heavy atom. The summed E-state index contributed by atoms with van der Waals surface area (Å²) in [4.78, 5) is 0. The van der Waals surface area contributed by atoms with Gasteiger partial charge in [0.15, 0.2) is 5.84 Å². The first-order chi connectivity index (χ1) is 3.85. The largest absolute Gasteiger partial charge is 0.311 e. The zero-order valence-corrected chi connectivity index (χ0v) is 5.10. The van der Waals surface area contributed by atoms with E-state index in [1.165, 1.54) is 0 Å². The van der Waals surface area contributed by atoms with Gasteiger partial charge in [-0.25, -0.2) is 5.53 Å². The normalized spacial score (nSPS) is 11.0. The second-order valence-corrected chi connectivity index (χ2v) is 1.22. The lowest BCUT2D eigenvalue weighted by Gasteiger charge is -1.89. The Hall–Kier alpha value is -0.930. The van der Waals surface area contributed by atoms with Crippen LogP contribution in [0.3, 0.4) is 0 Å². The first-order valence-corrected chi connectivity index (χ1v) is 2.46. The molecule has 0 unspecified atom stereocenters. The molecule has 0 aromatic rings. The lowest BCUT2D eigenvalue weighted by atomic mass is 10.5. The average molecular weight is 114 g/mol. The third kappa shape index (κ3) is 2.28. The molecule has 0 rings (SSSR count). The number of rotatable bonds is 2. The van der Waals surface area contributed by atoms with Crippen molar-refractivity contribution in [3.05, 3.63) is 0 Å². The van der Waals surface area contributed by atoms with E-state index in [0.29, 0.717) is 12.3 Å². The minimum Gasteiger partial charge on any atom is -0.311 e. The van der Waals surface area contributed by atoms with Gasteiger partial charge in [-0.15, -0.1) is 5.11 Å². The molecule has 0 heterocycles. The number of hydrogen-bond donors (Lipinski definition) is 2.